The van der Waals surface area contributed by atoms with Crippen LogP contribution in [0, 0.1) is 62.7 Å². The van der Waals surface area contributed by atoms with Crippen molar-refractivity contribution in [1.82, 2.24) is 15.0 Å². The van der Waals surface area contributed by atoms with Gasteiger partial charge >= 0.3 is 35.0 Å². The summed E-state index contributed by atoms with van der Waals surface area (Å²) in [5.41, 5.74) is 11.3. The van der Waals surface area contributed by atoms with Crippen LogP contribution in [-0.2, 0) is 31.9 Å². The number of Topliss-reactive ketones (excluding diaryl/α,β-unsaturated/α-hetero) is 1. The summed E-state index contributed by atoms with van der Waals surface area (Å²) >= 11 is 0. The van der Waals surface area contributed by atoms with Crippen molar-refractivity contribution in [3.05, 3.63) is 102 Å². The maximum Gasteiger partial charge on any atom is 2.00 e. The fourth-order valence-electron chi connectivity index (χ4n) is 10.1. The Kier molecular flexibility index (Phi) is 18.4. The van der Waals surface area contributed by atoms with Crippen LogP contribution >= 0.6 is 0 Å². The largest absolute Gasteiger partial charge is 2.00 e. The smallest absolute Gasteiger partial charge is 0.664 e. The van der Waals surface area contributed by atoms with Gasteiger partial charge in [0, 0.05) is 18.6 Å². The van der Waals surface area contributed by atoms with E-state index in [4.69, 9.17) is 29.7 Å². The number of fused-ring (bicyclic) bond motifs is 7. The monoisotopic (exact) mass is 894 g/mol. The molecule has 0 saturated carbocycles. The Morgan fingerprint density at radius 2 is 1.46 bits per heavy atom. The van der Waals surface area contributed by atoms with Crippen LogP contribution in [0.15, 0.2) is 23.0 Å². The number of esters is 2. The molecule has 8 bridgehead atoms. The van der Waals surface area contributed by atoms with Crippen molar-refractivity contribution in [2.45, 2.75) is 153 Å². The summed E-state index contributed by atoms with van der Waals surface area (Å²) in [4.78, 5) is 56.7. The molecule has 1 saturated heterocycles. The molecule has 348 valence electrons. The summed E-state index contributed by atoms with van der Waals surface area (Å²) in [6, 6.07) is 0. The van der Waals surface area contributed by atoms with Gasteiger partial charge in [0.05, 0.1) is 7.11 Å². The maximum atomic E-state index is 14.4. The van der Waals surface area contributed by atoms with E-state index in [1.165, 1.54) is 45.6 Å². The van der Waals surface area contributed by atoms with Gasteiger partial charge in [-0.25, -0.2) is 12.0 Å². The van der Waals surface area contributed by atoms with Crippen molar-refractivity contribution in [3.63, 3.8) is 0 Å². The number of ketones is 1. The molecule has 0 spiro atoms. The second kappa shape index (κ2) is 23.0. The van der Waals surface area contributed by atoms with Gasteiger partial charge in [-0.2, -0.15) is 17.5 Å². The number of hydrogen-bond acceptors (Lipinski definition) is 5. The first-order chi connectivity index (χ1) is 30.6. The van der Waals surface area contributed by atoms with Crippen LogP contribution < -0.4 is 25.7 Å². The van der Waals surface area contributed by atoms with Crippen LogP contribution in [0.1, 0.15) is 181 Å². The summed E-state index contributed by atoms with van der Waals surface area (Å²) in [6.45, 7) is 24.1. The number of methoxy groups -OCH3 is 1. The van der Waals surface area contributed by atoms with Crippen LogP contribution in [-0.4, -0.2) is 54.5 Å². The summed E-state index contributed by atoms with van der Waals surface area (Å²) in [5.74, 6) is -0.687. The van der Waals surface area contributed by atoms with Crippen molar-refractivity contribution in [3.8, 4) is 0 Å². The number of ether oxygens (including phenoxy) is 2. The maximum absolute atomic E-state index is 14.4. The first kappa shape index (κ1) is 51.8. The van der Waals surface area contributed by atoms with Gasteiger partial charge in [-0.1, -0.05) is 152 Å². The molecule has 3 aromatic rings. The van der Waals surface area contributed by atoms with E-state index in [1.54, 1.807) is 0 Å². The Bertz CT molecular complexity index is 2420. The van der Waals surface area contributed by atoms with Gasteiger partial charge in [0.2, 0.25) is 0 Å². The normalized spacial score (nSPS) is 21.7. The quantitative estimate of drug-likeness (QED) is 0.0475. The fourth-order valence-corrected chi connectivity index (χ4v) is 10.1. The van der Waals surface area contributed by atoms with Gasteiger partial charge in [-0.05, 0) is 69.6 Å². The Morgan fingerprint density at radius 1 is 0.815 bits per heavy atom. The van der Waals surface area contributed by atoms with Crippen molar-refractivity contribution in [1.29, 1.82) is 0 Å². The fraction of sp³-hybridized carbons (Fsp3) is 0.564. The summed E-state index contributed by atoms with van der Waals surface area (Å²) in [5, 5.41) is 6.93. The third kappa shape index (κ3) is 11.7. The Morgan fingerprint density at radius 3 is 2.12 bits per heavy atom. The molecule has 3 aromatic heterocycles. The summed E-state index contributed by atoms with van der Waals surface area (Å²) in [6.07, 6.45) is 22.5. The van der Waals surface area contributed by atoms with E-state index in [0.717, 1.165) is 93.1 Å². The Labute approximate surface area is 405 Å². The second-order valence-corrected chi connectivity index (χ2v) is 19.4. The van der Waals surface area contributed by atoms with Crippen LogP contribution in [0.5, 0.6) is 0 Å². The molecule has 0 N–H and O–H groups in total. The van der Waals surface area contributed by atoms with Gasteiger partial charge in [-0.3, -0.25) is 14.4 Å². The number of carbonyl (C=O) groups is 3. The minimum Gasteiger partial charge on any atom is -0.664 e. The minimum atomic E-state index is -1.21. The molecule has 1 aliphatic carbocycles. The van der Waals surface area contributed by atoms with E-state index in [9.17, 15) is 14.4 Å². The molecule has 3 aliphatic rings. The molecule has 65 heavy (non-hydrogen) atoms. The molecule has 0 aromatic carbocycles. The molecular weight excluding hydrogens is 821 g/mol. The average molecular weight is 895 g/mol. The predicted octanol–water partition coefficient (Wildman–Crippen LogP) is 10.1. The summed E-state index contributed by atoms with van der Waals surface area (Å²) in [7, 11) is 1.30. The van der Waals surface area contributed by atoms with Crippen molar-refractivity contribution >= 4 is 64.6 Å². The van der Waals surface area contributed by atoms with E-state index in [0.29, 0.717) is 46.1 Å². The molecule has 10 heteroatoms. The van der Waals surface area contributed by atoms with Gasteiger partial charge in [0.1, 0.15) is 5.92 Å². The Hall–Kier alpha value is -4.15. The van der Waals surface area contributed by atoms with Crippen molar-refractivity contribution in [2.75, 3.05) is 13.7 Å². The molecular formula is C55H73MgN4O5-3. The molecule has 2 aliphatic heterocycles. The predicted molar refractivity (Wildman–Crippen MR) is 263 cm³/mol. The molecule has 9 nitrogen and oxygen atoms in total. The number of aromatic nitrogens is 3. The van der Waals surface area contributed by atoms with Gasteiger partial charge in [0.15, 0.2) is 5.78 Å². The average Bonchev–Trinajstić information content (AvgIpc) is 3.99. The van der Waals surface area contributed by atoms with Gasteiger partial charge in [-0.15, -0.1) is 39.9 Å². The van der Waals surface area contributed by atoms with Crippen LogP contribution in [0.3, 0.4) is 0 Å². The van der Waals surface area contributed by atoms with Gasteiger partial charge in [0.25, 0.3) is 0 Å². The molecule has 6 rings (SSSR count). The van der Waals surface area contributed by atoms with E-state index < -0.39 is 11.9 Å². The summed E-state index contributed by atoms with van der Waals surface area (Å²) < 4.78 is 11.0. The van der Waals surface area contributed by atoms with E-state index in [-0.39, 0.29) is 59.7 Å². The zero-order valence-electron chi connectivity index (χ0n) is 41.6. The van der Waals surface area contributed by atoms with Crippen LogP contribution in [0.25, 0.3) is 29.1 Å². The number of rotatable bonds is 20. The van der Waals surface area contributed by atoms with Gasteiger partial charge < -0.3 is 29.7 Å². The molecule has 5 heterocycles. The zero-order valence-corrected chi connectivity index (χ0v) is 43.0. The molecule has 1 fully saturated rings. The standard InChI is InChI=1S/C55H74N4O5.Mg/c1-13-39-35(8)42-28-44-37(10)41(24-25-48(60)64-27-26-34(7)23-17-22-33(6)21-16-20-32(5)19-15-18-31(3)4)52(58-44)50-51(55(62)63-12)54(61)49-38(11)45(59-53(49)50)30-47-40(14-2)36(9)43(57-47)29-46(39)56-42;/h23,26,28-33,37,41,51H,13-22,24-25,27H2,1-12H3,(H-,58,59,61);/q-4;+2/p-1/b34-26+,43-29-,44-28-,47-30-;/t32-,33-,37+,41+,51-;/m1./s1. The third-order valence-electron chi connectivity index (χ3n) is 14.3. The molecule has 0 amide bonds. The molecule has 0 radical (unpaired) electrons. The first-order valence-electron chi connectivity index (χ1n) is 24.2. The Balaban J connectivity index is 0.00000793. The van der Waals surface area contributed by atoms with Crippen LogP contribution in [0.2, 0.25) is 0 Å². The molecule has 0 unspecified atom stereocenters. The number of nitrogens with zero attached hydrogens (tertiary/aromatic N) is 4. The zero-order chi connectivity index (χ0) is 46.4. The third-order valence-corrected chi connectivity index (χ3v) is 14.3. The number of carbonyl (C=O) groups excluding carboxylic acids is 3. The van der Waals surface area contributed by atoms with Crippen molar-refractivity contribution < 1.29 is 23.9 Å². The van der Waals surface area contributed by atoms with E-state index in [1.807, 2.05) is 25.2 Å². The van der Waals surface area contributed by atoms with Crippen LogP contribution in [0.4, 0.5) is 0 Å². The molecule has 5 atom stereocenters. The van der Waals surface area contributed by atoms with Crippen molar-refractivity contribution in [2.24, 2.45) is 35.5 Å². The SMILES string of the molecule is CCc1c2[n-]c(c1C)/C=C1\[N-]/C(=C3\c4[n-]c(c(C)c4C(=O)[C@@H]3C(=O)OC)/C=c3\[n-]/c(c(C)c3CC)=C\2)[C@@H](CCC(=O)OC/C=C(\C)[CH-]CC[C@H](C)CCC[C@H](C)CCCC(C)C)[C@@H]1C.[Mg+2]. The number of allylic oxidation sites excluding steroid dienone is 3. The topological polar surface area (TPSA) is 126 Å². The van der Waals surface area contributed by atoms with E-state index in [2.05, 4.69) is 81.7 Å². The number of hydrogen-bond donors (Lipinski definition) is 0. The second-order valence-electron chi connectivity index (χ2n) is 19.4. The minimum absolute atomic E-state index is 0. The first-order valence-corrected chi connectivity index (χ1v) is 24.2. The van der Waals surface area contributed by atoms with E-state index >= 15 is 0 Å².